The molecular formula is C15H14N2O3. The Morgan fingerprint density at radius 2 is 1.75 bits per heavy atom. The molecule has 2 aromatic heterocycles. The molecule has 20 heavy (non-hydrogen) atoms. The predicted molar refractivity (Wildman–Crippen MR) is 76.0 cm³/mol. The molecular weight excluding hydrogens is 256 g/mol. The maximum absolute atomic E-state index is 11.1. The number of aromatic nitrogens is 2. The van der Waals surface area contributed by atoms with Gasteiger partial charge in [0.25, 0.3) is 0 Å². The van der Waals surface area contributed by atoms with Gasteiger partial charge in [0.05, 0.1) is 16.9 Å². The first-order chi connectivity index (χ1) is 9.49. The van der Waals surface area contributed by atoms with Gasteiger partial charge < -0.3 is 19.3 Å². The Kier molecular flexibility index (Phi) is 2.57. The molecule has 3 rings (SSSR count). The lowest BCUT2D eigenvalue weighted by Crippen LogP contribution is -2.06. The fourth-order valence-corrected chi connectivity index (χ4v) is 2.55. The summed E-state index contributed by atoms with van der Waals surface area (Å²) >= 11 is 0. The number of hydrogen-bond donors (Lipinski definition) is 2. The number of aryl methyl sites for hydroxylation is 1. The Morgan fingerprint density at radius 1 is 1.00 bits per heavy atom. The van der Waals surface area contributed by atoms with Crippen molar-refractivity contribution in [2.24, 2.45) is 14.1 Å². The summed E-state index contributed by atoms with van der Waals surface area (Å²) in [7, 11) is 3.62. The molecule has 5 nitrogen and oxygen atoms in total. The van der Waals surface area contributed by atoms with Crippen molar-refractivity contribution < 1.29 is 15.0 Å². The second-order valence-electron chi connectivity index (χ2n) is 4.80. The number of fused-ring (bicyclic) bond motifs is 1. The van der Waals surface area contributed by atoms with Gasteiger partial charge in [-0.1, -0.05) is 0 Å². The molecule has 5 heteroatoms. The minimum Gasteiger partial charge on any atom is -0.508 e. The van der Waals surface area contributed by atoms with E-state index >= 15 is 0 Å². The maximum Gasteiger partial charge on any atom is 0.352 e. The zero-order valence-electron chi connectivity index (χ0n) is 11.2. The van der Waals surface area contributed by atoms with Crippen LogP contribution in [0, 0.1) is 0 Å². The molecule has 0 radical (unpaired) electrons. The summed E-state index contributed by atoms with van der Waals surface area (Å²) in [5.41, 5.74) is 2.87. The van der Waals surface area contributed by atoms with Crippen molar-refractivity contribution in [3.63, 3.8) is 0 Å². The van der Waals surface area contributed by atoms with E-state index in [1.54, 1.807) is 35.9 Å². The monoisotopic (exact) mass is 270 g/mol. The third kappa shape index (κ3) is 1.67. The van der Waals surface area contributed by atoms with Crippen molar-refractivity contribution in [3.8, 4) is 17.1 Å². The zero-order chi connectivity index (χ0) is 14.4. The molecule has 3 aromatic rings. The number of aromatic carboxylic acids is 1. The summed E-state index contributed by atoms with van der Waals surface area (Å²) in [6.07, 6.45) is 0. The van der Waals surface area contributed by atoms with Gasteiger partial charge in [-0.25, -0.2) is 4.79 Å². The van der Waals surface area contributed by atoms with Crippen LogP contribution in [0.25, 0.3) is 22.3 Å². The molecule has 0 aliphatic rings. The lowest BCUT2D eigenvalue weighted by Gasteiger charge is -2.07. The van der Waals surface area contributed by atoms with Gasteiger partial charge >= 0.3 is 5.97 Å². The number of carboxylic acids is 1. The average Bonchev–Trinajstić information content (AvgIpc) is 2.91. The number of carbonyl (C=O) groups is 1. The molecule has 0 bridgehead atoms. The van der Waals surface area contributed by atoms with Crippen molar-refractivity contribution >= 4 is 16.9 Å². The van der Waals surface area contributed by atoms with Gasteiger partial charge in [-0.15, -0.1) is 0 Å². The second-order valence-corrected chi connectivity index (χ2v) is 4.80. The van der Waals surface area contributed by atoms with Crippen LogP contribution < -0.4 is 0 Å². The number of aromatic hydroxyl groups is 1. The van der Waals surface area contributed by atoms with E-state index in [9.17, 15) is 9.90 Å². The van der Waals surface area contributed by atoms with Crippen LogP contribution in [-0.4, -0.2) is 25.3 Å². The number of phenolic OH excluding ortho intramolecular Hbond substituents is 1. The van der Waals surface area contributed by atoms with Crippen molar-refractivity contribution in [2.45, 2.75) is 0 Å². The van der Waals surface area contributed by atoms with E-state index in [0.29, 0.717) is 0 Å². The van der Waals surface area contributed by atoms with Crippen LogP contribution in [0.1, 0.15) is 10.5 Å². The number of phenols is 1. The summed E-state index contributed by atoms with van der Waals surface area (Å²) < 4.78 is 3.59. The highest BCUT2D eigenvalue weighted by Crippen LogP contribution is 2.30. The van der Waals surface area contributed by atoms with Crippen molar-refractivity contribution in [1.29, 1.82) is 0 Å². The van der Waals surface area contributed by atoms with Gasteiger partial charge in [0.1, 0.15) is 11.4 Å². The van der Waals surface area contributed by atoms with E-state index < -0.39 is 5.97 Å². The molecule has 1 aromatic carbocycles. The summed E-state index contributed by atoms with van der Waals surface area (Å²) in [6, 6.07) is 10.5. The number of hydrogen-bond acceptors (Lipinski definition) is 2. The molecule has 0 saturated carbocycles. The average molecular weight is 270 g/mol. The number of carboxylic acid groups (broad SMARTS) is 1. The molecule has 0 saturated heterocycles. The second kappa shape index (κ2) is 4.16. The Morgan fingerprint density at radius 3 is 2.40 bits per heavy atom. The lowest BCUT2D eigenvalue weighted by molar-refractivity contribution is 0.0686. The Bertz CT molecular complexity index is 827. The fraction of sp³-hybridized carbons (Fsp3) is 0.133. The molecule has 102 valence electrons. The van der Waals surface area contributed by atoms with Crippen LogP contribution in [0.15, 0.2) is 36.4 Å². The van der Waals surface area contributed by atoms with Crippen molar-refractivity contribution in [1.82, 2.24) is 9.13 Å². The van der Waals surface area contributed by atoms with Crippen LogP contribution in [0.3, 0.4) is 0 Å². The first kappa shape index (κ1) is 12.3. The highest BCUT2D eigenvalue weighted by molar-refractivity contribution is 5.90. The van der Waals surface area contributed by atoms with Gasteiger partial charge in [-0.05, 0) is 30.3 Å². The maximum atomic E-state index is 11.1. The minimum atomic E-state index is -0.949. The van der Waals surface area contributed by atoms with Crippen molar-refractivity contribution in [3.05, 3.63) is 42.1 Å². The van der Waals surface area contributed by atoms with Gasteiger partial charge in [0.2, 0.25) is 0 Å². The van der Waals surface area contributed by atoms with E-state index in [-0.39, 0.29) is 11.4 Å². The fourth-order valence-electron chi connectivity index (χ4n) is 2.55. The van der Waals surface area contributed by atoms with Crippen LogP contribution >= 0.6 is 0 Å². The first-order valence-electron chi connectivity index (χ1n) is 6.17. The third-order valence-corrected chi connectivity index (χ3v) is 3.63. The number of rotatable bonds is 2. The van der Waals surface area contributed by atoms with E-state index in [0.717, 1.165) is 22.3 Å². The van der Waals surface area contributed by atoms with Gasteiger partial charge in [-0.2, -0.15) is 0 Å². The zero-order valence-corrected chi connectivity index (χ0v) is 11.2. The van der Waals surface area contributed by atoms with Gasteiger partial charge in [0, 0.05) is 25.5 Å². The highest BCUT2D eigenvalue weighted by Gasteiger charge is 2.15. The van der Waals surface area contributed by atoms with Gasteiger partial charge in [0.15, 0.2) is 0 Å². The lowest BCUT2D eigenvalue weighted by atomic mass is 10.2. The number of nitrogens with zero attached hydrogens (tertiary/aromatic N) is 2. The molecule has 0 unspecified atom stereocenters. The normalized spacial score (nSPS) is 11.1. The largest absolute Gasteiger partial charge is 0.508 e. The predicted octanol–water partition coefficient (Wildman–Crippen LogP) is 2.59. The topological polar surface area (TPSA) is 67.4 Å². The summed E-state index contributed by atoms with van der Waals surface area (Å²) in [6.45, 7) is 0. The molecule has 0 spiro atoms. The first-order valence-corrected chi connectivity index (χ1v) is 6.17. The van der Waals surface area contributed by atoms with E-state index in [1.165, 1.54) is 0 Å². The molecule has 0 amide bonds. The Hall–Kier alpha value is -2.69. The van der Waals surface area contributed by atoms with Gasteiger partial charge in [-0.3, -0.25) is 0 Å². The number of benzene rings is 1. The molecule has 2 heterocycles. The summed E-state index contributed by atoms with van der Waals surface area (Å²) in [4.78, 5) is 11.1. The Balaban J connectivity index is 2.25. The van der Waals surface area contributed by atoms with E-state index in [4.69, 9.17) is 5.11 Å². The minimum absolute atomic E-state index is 0.211. The summed E-state index contributed by atoms with van der Waals surface area (Å²) in [5, 5.41) is 19.7. The molecule has 0 atom stereocenters. The highest BCUT2D eigenvalue weighted by atomic mass is 16.4. The molecule has 0 aliphatic heterocycles. The third-order valence-electron chi connectivity index (χ3n) is 3.63. The Labute approximate surface area is 115 Å². The SMILES string of the molecule is Cn1c(C(=O)O)ccc1-c1cc2ccc(O)cc2n1C. The van der Waals surface area contributed by atoms with Crippen molar-refractivity contribution in [2.75, 3.05) is 0 Å². The van der Waals surface area contributed by atoms with Crippen LogP contribution in [0.5, 0.6) is 5.75 Å². The van der Waals surface area contributed by atoms with Crippen LogP contribution in [0.2, 0.25) is 0 Å². The van der Waals surface area contributed by atoms with E-state index in [2.05, 4.69) is 0 Å². The molecule has 0 fully saturated rings. The molecule has 2 N–H and O–H groups in total. The standard InChI is InChI=1S/C15H14N2O3/c1-16-11(5-6-12(16)15(19)20)14-7-9-3-4-10(18)8-13(9)17(14)2/h3-8,18H,1-2H3,(H,19,20). The van der Waals surface area contributed by atoms with E-state index in [1.807, 2.05) is 23.7 Å². The van der Waals surface area contributed by atoms with Crippen LogP contribution in [0.4, 0.5) is 0 Å². The summed E-state index contributed by atoms with van der Waals surface area (Å²) in [5.74, 6) is -0.737. The molecule has 0 aliphatic carbocycles. The smallest absolute Gasteiger partial charge is 0.352 e. The van der Waals surface area contributed by atoms with Crippen LogP contribution in [-0.2, 0) is 14.1 Å². The quantitative estimate of drug-likeness (QED) is 0.752.